The highest BCUT2D eigenvalue weighted by atomic mass is 32.2. The maximum absolute atomic E-state index is 13.6. The second-order valence-electron chi connectivity index (χ2n) is 8.51. The van der Waals surface area contributed by atoms with Crippen LogP contribution in [0.1, 0.15) is 37.0 Å². The Morgan fingerprint density at radius 2 is 1.35 bits per heavy atom. The van der Waals surface area contributed by atoms with Gasteiger partial charge in [-0.15, -0.1) is 11.8 Å². The number of carbonyl (C=O) groups excluding carboxylic acids is 2. The summed E-state index contributed by atoms with van der Waals surface area (Å²) in [5.41, 5.74) is 3.23. The predicted octanol–water partition coefficient (Wildman–Crippen LogP) is 5.47. The van der Waals surface area contributed by atoms with Crippen LogP contribution in [0.3, 0.4) is 0 Å². The molecule has 0 bridgehead atoms. The highest BCUT2D eigenvalue weighted by Gasteiger charge is 2.30. The quantitative estimate of drug-likeness (QED) is 0.378. The highest BCUT2D eigenvalue weighted by molar-refractivity contribution is 7.99. The van der Waals surface area contributed by atoms with Gasteiger partial charge in [-0.1, -0.05) is 97.9 Å². The fourth-order valence-electron chi connectivity index (χ4n) is 3.69. The van der Waals surface area contributed by atoms with Crippen LogP contribution >= 0.6 is 11.8 Å². The standard InChI is InChI=1S/C29H34N2O2S/c1-3-23(2)30-29(33)27(19-24-13-7-4-8-14-24)31(20-25-15-9-5-10-16-25)28(32)22-34-21-26-17-11-6-12-18-26/h4-18,23,27H,3,19-22H2,1-2H3,(H,30,33)/t23-,27+/m1/s1. The molecule has 0 spiro atoms. The number of hydrogen-bond acceptors (Lipinski definition) is 3. The zero-order valence-electron chi connectivity index (χ0n) is 20.0. The molecule has 0 fully saturated rings. The minimum absolute atomic E-state index is 0.0231. The molecule has 34 heavy (non-hydrogen) atoms. The molecule has 0 aliphatic heterocycles. The lowest BCUT2D eigenvalue weighted by Gasteiger charge is -2.32. The van der Waals surface area contributed by atoms with Crippen molar-refractivity contribution >= 4 is 23.6 Å². The number of carbonyl (C=O) groups is 2. The normalized spacial score (nSPS) is 12.5. The first kappa shape index (κ1) is 25.6. The summed E-state index contributed by atoms with van der Waals surface area (Å²) in [6.07, 6.45) is 1.31. The van der Waals surface area contributed by atoms with E-state index in [2.05, 4.69) is 17.4 Å². The molecule has 0 aliphatic carbocycles. The molecule has 0 saturated carbocycles. The maximum Gasteiger partial charge on any atom is 0.243 e. The Morgan fingerprint density at radius 3 is 1.91 bits per heavy atom. The van der Waals surface area contributed by atoms with Gasteiger partial charge >= 0.3 is 0 Å². The molecule has 0 unspecified atom stereocenters. The Morgan fingerprint density at radius 1 is 0.824 bits per heavy atom. The summed E-state index contributed by atoms with van der Waals surface area (Å²) in [5.74, 6) is 0.957. The van der Waals surface area contributed by atoms with Gasteiger partial charge in [0.2, 0.25) is 11.8 Å². The lowest BCUT2D eigenvalue weighted by atomic mass is 10.0. The number of thioether (sulfide) groups is 1. The molecule has 0 saturated heterocycles. The molecule has 3 aromatic carbocycles. The van der Waals surface area contributed by atoms with Gasteiger partial charge in [0.05, 0.1) is 5.75 Å². The van der Waals surface area contributed by atoms with E-state index in [1.54, 1.807) is 16.7 Å². The molecular formula is C29H34N2O2S. The molecule has 2 atom stereocenters. The predicted molar refractivity (Wildman–Crippen MR) is 141 cm³/mol. The van der Waals surface area contributed by atoms with E-state index in [4.69, 9.17) is 0 Å². The highest BCUT2D eigenvalue weighted by Crippen LogP contribution is 2.18. The van der Waals surface area contributed by atoms with Gasteiger partial charge in [0.1, 0.15) is 6.04 Å². The molecule has 3 aromatic rings. The van der Waals surface area contributed by atoms with Crippen LogP contribution in [0.5, 0.6) is 0 Å². The molecule has 0 aliphatic rings. The van der Waals surface area contributed by atoms with Crippen molar-refractivity contribution in [2.75, 3.05) is 5.75 Å². The molecule has 1 N–H and O–H groups in total. The van der Waals surface area contributed by atoms with Gasteiger partial charge in [-0.2, -0.15) is 0 Å². The average Bonchev–Trinajstić information content (AvgIpc) is 2.87. The third-order valence-electron chi connectivity index (χ3n) is 5.80. The zero-order valence-corrected chi connectivity index (χ0v) is 20.8. The summed E-state index contributed by atoms with van der Waals surface area (Å²) >= 11 is 1.58. The first-order chi connectivity index (χ1) is 16.6. The van der Waals surface area contributed by atoms with E-state index in [-0.39, 0.29) is 17.9 Å². The van der Waals surface area contributed by atoms with E-state index in [9.17, 15) is 9.59 Å². The summed E-state index contributed by atoms with van der Waals surface area (Å²) in [6, 6.07) is 29.4. The number of nitrogens with one attached hydrogen (secondary N) is 1. The van der Waals surface area contributed by atoms with Gasteiger partial charge in [0, 0.05) is 24.8 Å². The van der Waals surface area contributed by atoms with Crippen LogP contribution in [0.25, 0.3) is 0 Å². The molecule has 178 valence electrons. The number of benzene rings is 3. The topological polar surface area (TPSA) is 49.4 Å². The molecule has 3 rings (SSSR count). The first-order valence-corrected chi connectivity index (χ1v) is 13.0. The molecule has 0 aromatic heterocycles. The summed E-state index contributed by atoms with van der Waals surface area (Å²) in [7, 11) is 0. The lowest BCUT2D eigenvalue weighted by molar-refractivity contribution is -0.139. The Balaban J connectivity index is 1.83. The molecule has 0 heterocycles. The number of nitrogens with zero attached hydrogens (tertiary/aromatic N) is 1. The van der Waals surface area contributed by atoms with Crippen LogP contribution in [0.15, 0.2) is 91.0 Å². The van der Waals surface area contributed by atoms with Crippen molar-refractivity contribution in [1.29, 1.82) is 0 Å². The van der Waals surface area contributed by atoms with Crippen LogP contribution in [-0.2, 0) is 28.3 Å². The van der Waals surface area contributed by atoms with Gasteiger partial charge in [0.15, 0.2) is 0 Å². The third kappa shape index (κ3) is 8.07. The molecule has 2 amide bonds. The van der Waals surface area contributed by atoms with Crippen molar-refractivity contribution in [3.05, 3.63) is 108 Å². The first-order valence-electron chi connectivity index (χ1n) is 11.9. The second kappa shape index (κ2) is 13.6. The van der Waals surface area contributed by atoms with Gasteiger partial charge in [0.25, 0.3) is 0 Å². The van der Waals surface area contributed by atoms with Gasteiger partial charge in [-0.25, -0.2) is 0 Å². The van der Waals surface area contributed by atoms with Crippen molar-refractivity contribution in [1.82, 2.24) is 10.2 Å². The number of amides is 2. The van der Waals surface area contributed by atoms with Crippen LogP contribution in [0.4, 0.5) is 0 Å². The van der Waals surface area contributed by atoms with E-state index >= 15 is 0 Å². The van der Waals surface area contributed by atoms with E-state index in [0.29, 0.717) is 18.7 Å². The monoisotopic (exact) mass is 474 g/mol. The van der Waals surface area contributed by atoms with Crippen molar-refractivity contribution in [3.63, 3.8) is 0 Å². The van der Waals surface area contributed by atoms with Crippen molar-refractivity contribution in [2.45, 2.75) is 51.1 Å². The van der Waals surface area contributed by atoms with E-state index in [1.165, 1.54) is 5.56 Å². The Hall–Kier alpha value is -3.05. The van der Waals surface area contributed by atoms with Crippen LogP contribution < -0.4 is 5.32 Å². The largest absolute Gasteiger partial charge is 0.352 e. The average molecular weight is 475 g/mol. The van der Waals surface area contributed by atoms with E-state index in [0.717, 1.165) is 23.3 Å². The molecule has 4 nitrogen and oxygen atoms in total. The van der Waals surface area contributed by atoms with Crippen LogP contribution in [-0.4, -0.2) is 34.6 Å². The fourth-order valence-corrected chi connectivity index (χ4v) is 4.56. The van der Waals surface area contributed by atoms with Gasteiger partial charge in [-0.05, 0) is 30.0 Å². The van der Waals surface area contributed by atoms with Gasteiger partial charge < -0.3 is 10.2 Å². The Labute approximate surface area is 207 Å². The van der Waals surface area contributed by atoms with Crippen LogP contribution in [0, 0.1) is 0 Å². The third-order valence-corrected chi connectivity index (χ3v) is 6.79. The zero-order chi connectivity index (χ0) is 24.2. The van der Waals surface area contributed by atoms with Crippen molar-refractivity contribution in [2.24, 2.45) is 0 Å². The lowest BCUT2D eigenvalue weighted by Crippen LogP contribution is -2.52. The smallest absolute Gasteiger partial charge is 0.243 e. The number of rotatable bonds is 12. The van der Waals surface area contributed by atoms with E-state index < -0.39 is 6.04 Å². The molecule has 0 radical (unpaired) electrons. The minimum Gasteiger partial charge on any atom is -0.352 e. The van der Waals surface area contributed by atoms with Crippen LogP contribution in [0.2, 0.25) is 0 Å². The van der Waals surface area contributed by atoms with Crippen molar-refractivity contribution < 1.29 is 9.59 Å². The Kier molecular flexibility index (Phi) is 10.2. The minimum atomic E-state index is -0.582. The van der Waals surface area contributed by atoms with E-state index in [1.807, 2.05) is 92.7 Å². The Bertz CT molecular complexity index is 1010. The summed E-state index contributed by atoms with van der Waals surface area (Å²) < 4.78 is 0. The summed E-state index contributed by atoms with van der Waals surface area (Å²) in [6.45, 7) is 4.44. The summed E-state index contributed by atoms with van der Waals surface area (Å²) in [4.78, 5) is 28.8. The fraction of sp³-hybridized carbons (Fsp3) is 0.310. The SMILES string of the molecule is CC[C@@H](C)NC(=O)[C@H](Cc1ccccc1)N(Cc1ccccc1)C(=O)CSCc1ccccc1. The molecular weight excluding hydrogens is 440 g/mol. The second-order valence-corrected chi connectivity index (χ2v) is 9.49. The number of hydrogen-bond donors (Lipinski definition) is 1. The maximum atomic E-state index is 13.6. The van der Waals surface area contributed by atoms with Crippen molar-refractivity contribution in [3.8, 4) is 0 Å². The molecule has 5 heteroatoms. The van der Waals surface area contributed by atoms with Gasteiger partial charge in [-0.3, -0.25) is 9.59 Å². The summed E-state index contributed by atoms with van der Waals surface area (Å²) in [5, 5.41) is 3.11.